The molecule has 1 atom stereocenters. The van der Waals surface area contributed by atoms with Crippen molar-refractivity contribution in [1.29, 1.82) is 0 Å². The fourth-order valence-electron chi connectivity index (χ4n) is 1.18. The summed E-state index contributed by atoms with van der Waals surface area (Å²) >= 11 is 1.30. The summed E-state index contributed by atoms with van der Waals surface area (Å²) in [7, 11) is 7.69. The molecule has 0 bridgehead atoms. The highest BCUT2D eigenvalue weighted by Crippen LogP contribution is 2.26. The van der Waals surface area contributed by atoms with Crippen LogP contribution < -0.4 is 16.0 Å². The van der Waals surface area contributed by atoms with E-state index in [-0.39, 0.29) is 11.9 Å². The predicted molar refractivity (Wildman–Crippen MR) is 76.3 cm³/mol. The molecule has 3 N–H and O–H groups in total. The first-order valence-corrected chi connectivity index (χ1v) is 6.52. The van der Waals surface area contributed by atoms with E-state index < -0.39 is 0 Å². The zero-order valence-electron chi connectivity index (χ0n) is 11.5. The number of nitrogens with zero attached hydrogens (tertiary/aromatic N) is 3. The summed E-state index contributed by atoms with van der Waals surface area (Å²) in [5.41, 5.74) is 5.75. The third-order valence-electron chi connectivity index (χ3n) is 2.67. The lowest BCUT2D eigenvalue weighted by Crippen LogP contribution is -2.38. The van der Waals surface area contributed by atoms with Crippen LogP contribution in [0.4, 0.5) is 10.9 Å². The standard InChI is InChI=1S/C11H21N5OS/c1-7(15(2)3)6-13-10(17)8-9(12)14-11(18-8)16(4)5/h7H,6,12H2,1-5H3,(H,13,17). The first-order chi connectivity index (χ1) is 8.32. The minimum atomic E-state index is -0.160. The third-order valence-corrected chi connectivity index (χ3v) is 3.91. The molecule has 0 fully saturated rings. The number of rotatable bonds is 5. The number of nitrogen functional groups attached to an aromatic ring is 1. The molecule has 7 heteroatoms. The van der Waals surface area contributed by atoms with Crippen LogP contribution in [0.2, 0.25) is 0 Å². The molecule has 1 heterocycles. The number of carbonyl (C=O) groups is 1. The Hall–Kier alpha value is -1.34. The maximum absolute atomic E-state index is 12.0. The summed E-state index contributed by atoms with van der Waals surface area (Å²) < 4.78 is 0. The summed E-state index contributed by atoms with van der Waals surface area (Å²) in [6.45, 7) is 2.63. The van der Waals surface area contributed by atoms with Crippen LogP contribution in [0.1, 0.15) is 16.6 Å². The van der Waals surface area contributed by atoms with Gasteiger partial charge in [-0.25, -0.2) is 4.98 Å². The summed E-state index contributed by atoms with van der Waals surface area (Å²) in [6, 6.07) is 0.274. The molecular formula is C11H21N5OS. The molecule has 1 amide bonds. The maximum atomic E-state index is 12.0. The quantitative estimate of drug-likeness (QED) is 0.814. The van der Waals surface area contributed by atoms with Crippen LogP contribution in [-0.2, 0) is 0 Å². The number of hydrogen-bond acceptors (Lipinski definition) is 6. The highest BCUT2D eigenvalue weighted by Gasteiger charge is 2.17. The van der Waals surface area contributed by atoms with Gasteiger partial charge in [-0.15, -0.1) is 0 Å². The van der Waals surface area contributed by atoms with Crippen molar-refractivity contribution in [3.8, 4) is 0 Å². The van der Waals surface area contributed by atoms with Crippen molar-refractivity contribution < 1.29 is 4.79 Å². The Morgan fingerprint density at radius 1 is 1.44 bits per heavy atom. The highest BCUT2D eigenvalue weighted by atomic mass is 32.1. The average molecular weight is 271 g/mol. The number of carbonyl (C=O) groups excluding carboxylic acids is 1. The molecule has 0 spiro atoms. The van der Waals surface area contributed by atoms with E-state index in [1.165, 1.54) is 11.3 Å². The zero-order valence-corrected chi connectivity index (χ0v) is 12.3. The van der Waals surface area contributed by atoms with Crippen molar-refractivity contribution in [2.45, 2.75) is 13.0 Å². The fourth-order valence-corrected chi connectivity index (χ4v) is 2.00. The van der Waals surface area contributed by atoms with Gasteiger partial charge in [-0.1, -0.05) is 11.3 Å². The summed E-state index contributed by atoms with van der Waals surface area (Å²) in [6.07, 6.45) is 0. The number of nitrogens with one attached hydrogen (secondary N) is 1. The number of likely N-dealkylation sites (N-methyl/N-ethyl adjacent to an activating group) is 1. The molecule has 0 aliphatic carbocycles. The molecule has 102 valence electrons. The molecule has 0 saturated heterocycles. The molecule has 1 aromatic rings. The van der Waals surface area contributed by atoms with Crippen LogP contribution in [0.5, 0.6) is 0 Å². The van der Waals surface area contributed by atoms with Crippen molar-refractivity contribution >= 4 is 28.2 Å². The van der Waals surface area contributed by atoms with Gasteiger partial charge in [0.1, 0.15) is 10.7 Å². The van der Waals surface area contributed by atoms with Crippen LogP contribution in [0.15, 0.2) is 0 Å². The summed E-state index contributed by atoms with van der Waals surface area (Å²) in [5, 5.41) is 3.60. The monoisotopic (exact) mass is 271 g/mol. The lowest BCUT2D eigenvalue weighted by Gasteiger charge is -2.19. The van der Waals surface area contributed by atoms with Crippen molar-refractivity contribution in [2.24, 2.45) is 0 Å². The van der Waals surface area contributed by atoms with Gasteiger partial charge in [0.2, 0.25) is 0 Å². The largest absolute Gasteiger partial charge is 0.382 e. The van der Waals surface area contributed by atoms with Crippen molar-refractivity contribution in [3.05, 3.63) is 4.88 Å². The lowest BCUT2D eigenvalue weighted by atomic mass is 10.3. The minimum absolute atomic E-state index is 0.160. The van der Waals surface area contributed by atoms with E-state index in [9.17, 15) is 4.79 Å². The van der Waals surface area contributed by atoms with Gasteiger partial charge in [0, 0.05) is 26.7 Å². The highest BCUT2D eigenvalue weighted by molar-refractivity contribution is 7.18. The van der Waals surface area contributed by atoms with Gasteiger partial charge in [0.25, 0.3) is 5.91 Å². The van der Waals surface area contributed by atoms with E-state index >= 15 is 0 Å². The van der Waals surface area contributed by atoms with Gasteiger partial charge in [-0.3, -0.25) is 4.79 Å². The Bertz CT molecular complexity index is 416. The molecular weight excluding hydrogens is 250 g/mol. The summed E-state index contributed by atoms with van der Waals surface area (Å²) in [4.78, 5) is 20.5. The van der Waals surface area contributed by atoms with E-state index in [0.29, 0.717) is 17.2 Å². The molecule has 0 aliphatic heterocycles. The van der Waals surface area contributed by atoms with Crippen molar-refractivity contribution in [2.75, 3.05) is 45.4 Å². The molecule has 0 saturated carbocycles. The Balaban J connectivity index is 2.67. The van der Waals surface area contributed by atoms with E-state index in [1.807, 2.05) is 44.9 Å². The Kier molecular flexibility index (Phi) is 4.92. The molecule has 0 aliphatic rings. The van der Waals surface area contributed by atoms with Gasteiger partial charge in [-0.2, -0.15) is 0 Å². The number of nitrogens with two attached hydrogens (primary N) is 1. The van der Waals surface area contributed by atoms with Crippen LogP contribution in [-0.4, -0.2) is 56.6 Å². The second-order valence-corrected chi connectivity index (χ2v) is 5.61. The van der Waals surface area contributed by atoms with Crippen LogP contribution in [0.3, 0.4) is 0 Å². The second-order valence-electron chi connectivity index (χ2n) is 4.63. The molecule has 1 aromatic heterocycles. The Labute approximate surface area is 112 Å². The molecule has 6 nitrogen and oxygen atoms in total. The number of anilines is 2. The van der Waals surface area contributed by atoms with Crippen molar-refractivity contribution in [3.63, 3.8) is 0 Å². The number of aromatic nitrogens is 1. The van der Waals surface area contributed by atoms with Crippen LogP contribution in [0, 0.1) is 0 Å². The molecule has 18 heavy (non-hydrogen) atoms. The summed E-state index contributed by atoms with van der Waals surface area (Å²) in [5.74, 6) is 0.130. The smallest absolute Gasteiger partial charge is 0.265 e. The van der Waals surface area contributed by atoms with Gasteiger partial charge in [0.15, 0.2) is 5.13 Å². The van der Waals surface area contributed by atoms with Gasteiger partial charge >= 0.3 is 0 Å². The third kappa shape index (κ3) is 3.58. The zero-order chi connectivity index (χ0) is 13.9. The first kappa shape index (κ1) is 14.7. The van der Waals surface area contributed by atoms with Crippen molar-refractivity contribution in [1.82, 2.24) is 15.2 Å². The Morgan fingerprint density at radius 2 is 2.06 bits per heavy atom. The topological polar surface area (TPSA) is 74.5 Å². The van der Waals surface area contributed by atoms with E-state index in [0.717, 1.165) is 5.13 Å². The molecule has 0 radical (unpaired) electrons. The average Bonchev–Trinajstić information content (AvgIpc) is 2.67. The number of amides is 1. The molecule has 1 unspecified atom stereocenters. The molecule has 0 aromatic carbocycles. The maximum Gasteiger partial charge on any atom is 0.265 e. The number of thiazole rings is 1. The van der Waals surface area contributed by atoms with Gasteiger partial charge in [-0.05, 0) is 21.0 Å². The predicted octanol–water partition coefficient (Wildman–Crippen LogP) is 0.471. The van der Waals surface area contributed by atoms with Gasteiger partial charge in [0.05, 0.1) is 0 Å². The lowest BCUT2D eigenvalue weighted by molar-refractivity contribution is 0.0948. The number of hydrogen-bond donors (Lipinski definition) is 2. The fraction of sp³-hybridized carbons (Fsp3) is 0.636. The normalized spacial score (nSPS) is 12.6. The van der Waals surface area contributed by atoms with Crippen LogP contribution in [0.25, 0.3) is 0 Å². The first-order valence-electron chi connectivity index (χ1n) is 5.71. The van der Waals surface area contributed by atoms with E-state index in [4.69, 9.17) is 5.73 Å². The Morgan fingerprint density at radius 3 is 2.50 bits per heavy atom. The van der Waals surface area contributed by atoms with Crippen LogP contribution >= 0.6 is 11.3 Å². The molecule has 1 rings (SSSR count). The van der Waals surface area contributed by atoms with Gasteiger partial charge < -0.3 is 20.9 Å². The van der Waals surface area contributed by atoms with E-state index in [1.54, 1.807) is 0 Å². The minimum Gasteiger partial charge on any atom is -0.382 e. The second kappa shape index (κ2) is 6.01. The SMILES string of the molecule is CC(CNC(=O)c1sc(N(C)C)nc1N)N(C)C. The van der Waals surface area contributed by atoms with E-state index in [2.05, 4.69) is 10.3 Å².